The summed E-state index contributed by atoms with van der Waals surface area (Å²) in [4.78, 5) is 0. The largest absolute Gasteiger partial charge is 1.00 e. The Kier molecular flexibility index (Phi) is 7.10. The second kappa shape index (κ2) is 5.87. The molecule has 0 saturated carbocycles. The fourth-order valence-electron chi connectivity index (χ4n) is 2.57. The van der Waals surface area contributed by atoms with Crippen molar-refractivity contribution in [3.05, 3.63) is 0 Å². The molecule has 0 spiro atoms. The van der Waals surface area contributed by atoms with Crippen LogP contribution in [0.4, 0.5) is 0 Å². The van der Waals surface area contributed by atoms with Crippen LogP contribution in [0.1, 0.15) is 34.1 Å². The Morgan fingerprint density at radius 1 is 1.00 bits per heavy atom. The first-order valence-corrected chi connectivity index (χ1v) is 4.91. The van der Waals surface area contributed by atoms with Gasteiger partial charge in [0.25, 0.3) is 0 Å². The van der Waals surface area contributed by atoms with Crippen LogP contribution in [0, 0.1) is 11.8 Å². The smallest absolute Gasteiger partial charge is 0.0815 e. The molecule has 0 bridgehead atoms. The minimum atomic E-state index is 0. The number of quaternary nitrogens is 1. The molecule has 1 aliphatic rings. The van der Waals surface area contributed by atoms with Crippen LogP contribution in [0.25, 0.3) is 0 Å². The molecule has 82 valence electrons. The molecule has 13 heavy (non-hydrogen) atoms. The van der Waals surface area contributed by atoms with Gasteiger partial charge in [-0.15, -0.1) is 0 Å². The summed E-state index contributed by atoms with van der Waals surface area (Å²) in [6.45, 7) is 7.46. The lowest BCUT2D eigenvalue weighted by molar-refractivity contribution is -0.880. The molecule has 2 heteroatoms. The number of nitrogens with zero attached hydrogens (tertiary/aromatic N) is 1. The topological polar surface area (TPSA) is 0 Å². The molecule has 2 unspecified atom stereocenters. The van der Waals surface area contributed by atoms with Gasteiger partial charge in [0.2, 0.25) is 0 Å². The van der Waals surface area contributed by atoms with E-state index < -0.39 is 0 Å². The Bertz CT molecular complexity index is 120. The van der Waals surface area contributed by atoms with Crippen LogP contribution < -0.4 is 12.4 Å². The highest BCUT2D eigenvalue weighted by Crippen LogP contribution is 2.30. The predicted molar refractivity (Wildman–Crippen MR) is 56.1 cm³/mol. The second-order valence-corrected chi connectivity index (χ2v) is 4.64. The number of likely N-dealkylation sites (tertiary alicyclic amines) is 1. The number of hydrogen-bond donors (Lipinski definition) is 0. The zero-order chi connectivity index (χ0) is 8.48. The Morgan fingerprint density at radius 2 is 1.31 bits per heavy atom. The van der Waals surface area contributed by atoms with E-state index in [1.807, 2.05) is 0 Å². The van der Waals surface area contributed by atoms with Gasteiger partial charge >= 0.3 is 0 Å². The van der Waals surface area contributed by atoms with Crippen molar-refractivity contribution in [2.45, 2.75) is 34.1 Å². The van der Waals surface area contributed by atoms with E-state index in [4.69, 9.17) is 0 Å². The summed E-state index contributed by atoms with van der Waals surface area (Å²) in [6.07, 6.45) is 2.75. The summed E-state index contributed by atoms with van der Waals surface area (Å²) in [5.74, 6) is 1.99. The van der Waals surface area contributed by atoms with E-state index >= 15 is 0 Å². The van der Waals surface area contributed by atoms with Gasteiger partial charge in [-0.2, -0.15) is 0 Å². The molecule has 1 nitrogen and oxygen atoms in total. The van der Waals surface area contributed by atoms with E-state index in [-0.39, 0.29) is 19.8 Å². The van der Waals surface area contributed by atoms with E-state index in [0.717, 1.165) is 11.8 Å². The Labute approximate surface area is 90.5 Å². The van der Waals surface area contributed by atoms with E-state index in [9.17, 15) is 0 Å². The van der Waals surface area contributed by atoms with Crippen molar-refractivity contribution in [1.82, 2.24) is 0 Å². The SMILES string of the molecule is C.CCC1C[N+](C)(C)CC1CC.[Cl-]. The lowest BCUT2D eigenvalue weighted by Gasteiger charge is -2.23. The summed E-state index contributed by atoms with van der Waals surface area (Å²) in [6, 6.07) is 0. The van der Waals surface area contributed by atoms with Crippen LogP contribution in [-0.2, 0) is 0 Å². The molecule has 1 rings (SSSR count). The highest BCUT2D eigenvalue weighted by Gasteiger charge is 2.37. The maximum absolute atomic E-state index is 2.36. The highest BCUT2D eigenvalue weighted by atomic mass is 35.5. The number of halogens is 1. The lowest BCUT2D eigenvalue weighted by atomic mass is 9.92. The molecule has 0 aromatic rings. The van der Waals surface area contributed by atoms with Gasteiger partial charge in [0.15, 0.2) is 0 Å². The Hall–Kier alpha value is 0.250. The van der Waals surface area contributed by atoms with Crippen molar-refractivity contribution >= 4 is 0 Å². The minimum absolute atomic E-state index is 0. The molecule has 1 heterocycles. The van der Waals surface area contributed by atoms with Gasteiger partial charge < -0.3 is 16.9 Å². The van der Waals surface area contributed by atoms with Gasteiger partial charge in [0.1, 0.15) is 0 Å². The molecule has 0 N–H and O–H groups in total. The number of rotatable bonds is 2. The molecule has 0 aromatic carbocycles. The van der Waals surface area contributed by atoms with E-state index in [1.54, 1.807) is 0 Å². The van der Waals surface area contributed by atoms with Crippen molar-refractivity contribution in [3.63, 3.8) is 0 Å². The third-order valence-electron chi connectivity index (χ3n) is 3.17. The third kappa shape index (κ3) is 3.86. The molecule has 0 aliphatic carbocycles. The fraction of sp³-hybridized carbons (Fsp3) is 1.00. The second-order valence-electron chi connectivity index (χ2n) is 4.64. The number of hydrogen-bond acceptors (Lipinski definition) is 0. The average Bonchev–Trinajstić information content (AvgIpc) is 2.25. The predicted octanol–water partition coefficient (Wildman–Crippen LogP) is -0.231. The van der Waals surface area contributed by atoms with Crippen LogP contribution in [-0.4, -0.2) is 31.7 Å². The standard InChI is InChI=1S/C10H22N.CH4.ClH/c1-5-9-7-11(3,4)8-10(9)6-2;;/h9-10H,5-8H2,1-4H3;1H4;1H/q+1;;/p-1. The first-order chi connectivity index (χ1) is 5.09. The molecular formula is C11H26ClN. The molecule has 0 radical (unpaired) electrons. The highest BCUT2D eigenvalue weighted by molar-refractivity contribution is 4.73. The molecule has 0 aromatic heterocycles. The summed E-state index contributed by atoms with van der Waals surface area (Å²) in [5, 5.41) is 0. The van der Waals surface area contributed by atoms with Crippen molar-refractivity contribution < 1.29 is 16.9 Å². The maximum Gasteiger partial charge on any atom is 0.0815 e. The minimum Gasteiger partial charge on any atom is -1.00 e. The zero-order valence-corrected chi connectivity index (χ0v) is 9.56. The van der Waals surface area contributed by atoms with Crippen LogP contribution in [0.3, 0.4) is 0 Å². The molecule has 1 saturated heterocycles. The first-order valence-electron chi connectivity index (χ1n) is 4.91. The van der Waals surface area contributed by atoms with Gasteiger partial charge in [-0.25, -0.2) is 0 Å². The van der Waals surface area contributed by atoms with Crippen LogP contribution in [0.2, 0.25) is 0 Å². The van der Waals surface area contributed by atoms with E-state index in [0.29, 0.717) is 0 Å². The van der Waals surface area contributed by atoms with E-state index in [1.165, 1.54) is 30.4 Å². The van der Waals surface area contributed by atoms with Crippen molar-refractivity contribution in [1.29, 1.82) is 0 Å². The van der Waals surface area contributed by atoms with Gasteiger partial charge in [-0.05, 0) is 12.8 Å². The first kappa shape index (κ1) is 15.7. The van der Waals surface area contributed by atoms with Crippen LogP contribution in [0.5, 0.6) is 0 Å². The van der Waals surface area contributed by atoms with Crippen molar-refractivity contribution in [2.24, 2.45) is 11.8 Å². The average molecular weight is 208 g/mol. The van der Waals surface area contributed by atoms with Crippen LogP contribution >= 0.6 is 0 Å². The van der Waals surface area contributed by atoms with Gasteiger partial charge in [-0.3, -0.25) is 0 Å². The summed E-state index contributed by atoms with van der Waals surface area (Å²) in [5.41, 5.74) is 0. The Balaban J connectivity index is 0. The zero-order valence-electron chi connectivity index (χ0n) is 8.81. The molecule has 1 fully saturated rings. The van der Waals surface area contributed by atoms with Gasteiger partial charge in [-0.1, -0.05) is 21.3 Å². The van der Waals surface area contributed by atoms with Crippen molar-refractivity contribution in [2.75, 3.05) is 27.2 Å². The summed E-state index contributed by atoms with van der Waals surface area (Å²) < 4.78 is 1.25. The normalized spacial score (nSPS) is 30.5. The van der Waals surface area contributed by atoms with Gasteiger partial charge in [0.05, 0.1) is 27.2 Å². The van der Waals surface area contributed by atoms with Crippen molar-refractivity contribution in [3.8, 4) is 0 Å². The molecule has 1 aliphatic heterocycles. The quantitative estimate of drug-likeness (QED) is 0.549. The monoisotopic (exact) mass is 207 g/mol. The molecule has 0 amide bonds. The summed E-state index contributed by atoms with van der Waals surface area (Å²) >= 11 is 0. The maximum atomic E-state index is 2.36. The molecular weight excluding hydrogens is 182 g/mol. The lowest BCUT2D eigenvalue weighted by Crippen LogP contribution is -3.00. The summed E-state index contributed by atoms with van der Waals surface area (Å²) in [7, 11) is 4.72. The Morgan fingerprint density at radius 3 is 1.54 bits per heavy atom. The molecule has 2 atom stereocenters. The third-order valence-corrected chi connectivity index (χ3v) is 3.17. The fourth-order valence-corrected chi connectivity index (χ4v) is 2.57. The van der Waals surface area contributed by atoms with E-state index in [2.05, 4.69) is 27.9 Å². The van der Waals surface area contributed by atoms with Crippen LogP contribution in [0.15, 0.2) is 0 Å². The van der Waals surface area contributed by atoms with Gasteiger partial charge in [0, 0.05) is 11.8 Å².